The number of benzene rings is 8. The van der Waals surface area contributed by atoms with Gasteiger partial charge in [0, 0.05) is 22.1 Å². The molecule has 2 nitrogen and oxygen atoms in total. The van der Waals surface area contributed by atoms with Gasteiger partial charge < -0.3 is 0 Å². The quantitative estimate of drug-likeness (QED) is 0.170. The minimum Gasteiger partial charge on any atom is -0.228 e. The maximum atomic E-state index is 5.32. The summed E-state index contributed by atoms with van der Waals surface area (Å²) in [5.41, 5.74) is 15.0. The van der Waals surface area contributed by atoms with Gasteiger partial charge in [-0.15, -0.1) is 0 Å². The fourth-order valence-electron chi connectivity index (χ4n) is 8.25. The smallest absolute Gasteiger partial charge is 0.160 e. The Kier molecular flexibility index (Phi) is 7.19. The Morgan fingerprint density at radius 2 is 0.887 bits per heavy atom. The highest BCUT2D eigenvalue weighted by Gasteiger charge is 2.35. The Morgan fingerprint density at radius 3 is 1.55 bits per heavy atom. The molecule has 0 fully saturated rings. The third kappa shape index (κ3) is 5.34. The second kappa shape index (κ2) is 12.3. The molecule has 0 aliphatic heterocycles. The minimum atomic E-state index is -0.0276. The van der Waals surface area contributed by atoms with Crippen LogP contribution in [0.1, 0.15) is 25.0 Å². The van der Waals surface area contributed by atoms with E-state index < -0.39 is 0 Å². The van der Waals surface area contributed by atoms with Crippen molar-refractivity contribution in [1.29, 1.82) is 0 Å². The van der Waals surface area contributed by atoms with Crippen molar-refractivity contribution >= 4 is 21.5 Å². The molecule has 250 valence electrons. The van der Waals surface area contributed by atoms with E-state index in [1.807, 2.05) is 6.07 Å². The summed E-state index contributed by atoms with van der Waals surface area (Å²) in [5, 5.41) is 4.94. The summed E-state index contributed by atoms with van der Waals surface area (Å²) in [7, 11) is 0. The van der Waals surface area contributed by atoms with Crippen molar-refractivity contribution < 1.29 is 0 Å². The molecule has 0 amide bonds. The van der Waals surface area contributed by atoms with Crippen molar-refractivity contribution in [3.63, 3.8) is 0 Å². The average molecular weight is 677 g/mol. The van der Waals surface area contributed by atoms with Crippen LogP contribution in [0.25, 0.3) is 88.8 Å². The van der Waals surface area contributed by atoms with Crippen molar-refractivity contribution in [3.05, 3.63) is 193 Å². The molecule has 0 radical (unpaired) electrons. The number of rotatable bonds is 5. The maximum Gasteiger partial charge on any atom is 0.160 e. The normalized spacial score (nSPS) is 12.9. The Bertz CT molecular complexity index is 2780. The van der Waals surface area contributed by atoms with Crippen LogP contribution in [-0.2, 0) is 5.41 Å². The molecular weight excluding hydrogens is 641 g/mol. The van der Waals surface area contributed by atoms with Crippen molar-refractivity contribution in [2.45, 2.75) is 19.3 Å². The zero-order chi connectivity index (χ0) is 35.5. The maximum absolute atomic E-state index is 5.32. The van der Waals surface area contributed by atoms with Crippen molar-refractivity contribution in [1.82, 2.24) is 9.97 Å². The summed E-state index contributed by atoms with van der Waals surface area (Å²) in [6, 6.07) is 65.4. The van der Waals surface area contributed by atoms with Gasteiger partial charge in [0.25, 0.3) is 0 Å². The fourth-order valence-corrected chi connectivity index (χ4v) is 8.25. The van der Waals surface area contributed by atoms with Gasteiger partial charge in [0.05, 0.1) is 11.4 Å². The van der Waals surface area contributed by atoms with Crippen LogP contribution in [0, 0.1) is 0 Å². The molecule has 1 heterocycles. The Labute approximate surface area is 310 Å². The summed E-state index contributed by atoms with van der Waals surface area (Å²) >= 11 is 0. The number of fused-ring (bicyclic) bond motifs is 6. The summed E-state index contributed by atoms with van der Waals surface area (Å²) < 4.78 is 0. The molecule has 10 rings (SSSR count). The topological polar surface area (TPSA) is 25.8 Å². The Balaban J connectivity index is 1.14. The lowest BCUT2D eigenvalue weighted by Gasteiger charge is -2.21. The third-order valence-electron chi connectivity index (χ3n) is 11.0. The van der Waals surface area contributed by atoms with Gasteiger partial charge in [-0.05, 0) is 109 Å². The molecule has 1 aliphatic carbocycles. The Morgan fingerprint density at radius 1 is 0.340 bits per heavy atom. The minimum absolute atomic E-state index is 0.0276. The van der Waals surface area contributed by atoms with Crippen LogP contribution in [0.2, 0.25) is 0 Å². The van der Waals surface area contributed by atoms with E-state index in [-0.39, 0.29) is 5.41 Å². The fraction of sp³-hybridized carbons (Fsp3) is 0.0588. The molecule has 0 saturated carbocycles. The predicted molar refractivity (Wildman–Crippen MR) is 222 cm³/mol. The van der Waals surface area contributed by atoms with E-state index >= 15 is 0 Å². The molecule has 0 atom stereocenters. The molecule has 0 unspecified atom stereocenters. The molecule has 0 N–H and O–H groups in total. The van der Waals surface area contributed by atoms with Gasteiger partial charge >= 0.3 is 0 Å². The van der Waals surface area contributed by atoms with Gasteiger partial charge in [0.1, 0.15) is 0 Å². The molecule has 8 aromatic carbocycles. The first-order valence-corrected chi connectivity index (χ1v) is 18.3. The van der Waals surface area contributed by atoms with Crippen LogP contribution >= 0.6 is 0 Å². The van der Waals surface area contributed by atoms with Crippen LogP contribution in [0.3, 0.4) is 0 Å². The van der Waals surface area contributed by atoms with E-state index in [4.69, 9.17) is 9.97 Å². The molecule has 0 spiro atoms. The van der Waals surface area contributed by atoms with Crippen LogP contribution in [0.4, 0.5) is 0 Å². The SMILES string of the molecule is CC1(C)c2ccccc2-c2cc3c(ccc4cc(-c5nc(-c6ccccc6)cc(-c6cc(-c7ccccc7)cc(-c7ccccc7)c6)n5)ccc43)cc21. The third-order valence-corrected chi connectivity index (χ3v) is 11.0. The summed E-state index contributed by atoms with van der Waals surface area (Å²) in [4.78, 5) is 10.5. The number of aromatic nitrogens is 2. The van der Waals surface area contributed by atoms with E-state index in [1.54, 1.807) is 0 Å². The second-order valence-corrected chi connectivity index (χ2v) is 14.7. The zero-order valence-electron chi connectivity index (χ0n) is 29.7. The monoisotopic (exact) mass is 676 g/mol. The number of nitrogens with zero attached hydrogens (tertiary/aromatic N) is 2. The van der Waals surface area contributed by atoms with Gasteiger partial charge in [-0.25, -0.2) is 9.97 Å². The lowest BCUT2D eigenvalue weighted by Crippen LogP contribution is -2.14. The van der Waals surface area contributed by atoms with E-state index in [9.17, 15) is 0 Å². The lowest BCUT2D eigenvalue weighted by molar-refractivity contribution is 0.661. The van der Waals surface area contributed by atoms with E-state index in [2.05, 4.69) is 190 Å². The van der Waals surface area contributed by atoms with Gasteiger partial charge in [0.15, 0.2) is 5.82 Å². The number of hydrogen-bond acceptors (Lipinski definition) is 2. The first-order valence-electron chi connectivity index (χ1n) is 18.3. The predicted octanol–water partition coefficient (Wildman–Crippen LogP) is 13.4. The lowest BCUT2D eigenvalue weighted by atomic mass is 9.81. The number of hydrogen-bond donors (Lipinski definition) is 0. The molecule has 1 aliphatic rings. The molecular formula is C51H36N2. The van der Waals surface area contributed by atoms with Gasteiger partial charge in [-0.2, -0.15) is 0 Å². The molecule has 53 heavy (non-hydrogen) atoms. The van der Waals surface area contributed by atoms with Crippen LogP contribution in [0.5, 0.6) is 0 Å². The van der Waals surface area contributed by atoms with Crippen LogP contribution in [0.15, 0.2) is 182 Å². The van der Waals surface area contributed by atoms with Crippen LogP contribution in [-0.4, -0.2) is 9.97 Å². The van der Waals surface area contributed by atoms with Gasteiger partial charge in [-0.1, -0.05) is 153 Å². The first-order chi connectivity index (χ1) is 26.0. The highest BCUT2D eigenvalue weighted by atomic mass is 14.9. The molecule has 1 aromatic heterocycles. The van der Waals surface area contributed by atoms with Gasteiger partial charge in [-0.3, -0.25) is 0 Å². The highest BCUT2D eigenvalue weighted by Crippen LogP contribution is 2.50. The van der Waals surface area contributed by atoms with Gasteiger partial charge in [0.2, 0.25) is 0 Å². The first kappa shape index (κ1) is 31.1. The van der Waals surface area contributed by atoms with Crippen molar-refractivity contribution in [3.8, 4) is 67.3 Å². The summed E-state index contributed by atoms with van der Waals surface area (Å²) in [6.07, 6.45) is 0. The molecule has 9 aromatic rings. The van der Waals surface area contributed by atoms with E-state index in [0.29, 0.717) is 5.82 Å². The second-order valence-electron chi connectivity index (χ2n) is 14.7. The standard InChI is InChI=1S/C51H36N2/c1-51(2)46-21-13-12-20-43(46)45-31-44-37(30-47(45)51)23-22-36-26-38(24-25-42(36)44)50-52-48(35-18-10-5-11-19-35)32-49(53-50)41-28-39(33-14-6-3-7-15-33)27-40(29-41)34-16-8-4-9-17-34/h3-32H,1-2H3. The molecule has 0 bridgehead atoms. The van der Waals surface area contributed by atoms with Crippen molar-refractivity contribution in [2.75, 3.05) is 0 Å². The average Bonchev–Trinajstić information content (AvgIpc) is 3.45. The van der Waals surface area contributed by atoms with E-state index in [1.165, 1.54) is 54.9 Å². The zero-order valence-corrected chi connectivity index (χ0v) is 29.7. The van der Waals surface area contributed by atoms with Crippen LogP contribution < -0.4 is 0 Å². The Hall–Kier alpha value is -6.64. The summed E-state index contributed by atoms with van der Waals surface area (Å²) in [5.74, 6) is 0.708. The molecule has 0 saturated heterocycles. The van der Waals surface area contributed by atoms with E-state index in [0.717, 1.165) is 39.2 Å². The molecule has 2 heteroatoms. The van der Waals surface area contributed by atoms with Crippen molar-refractivity contribution in [2.24, 2.45) is 0 Å². The summed E-state index contributed by atoms with van der Waals surface area (Å²) in [6.45, 7) is 4.68. The highest BCUT2D eigenvalue weighted by molar-refractivity contribution is 6.10. The largest absolute Gasteiger partial charge is 0.228 e.